The van der Waals surface area contributed by atoms with Crippen molar-refractivity contribution in [2.45, 2.75) is 48.6 Å². The molecule has 0 aromatic heterocycles. The molecule has 5 aromatic carbocycles. The number of hydrogen-bond acceptors (Lipinski definition) is 12. The number of carbonyl (C=O) groups is 2. The lowest BCUT2D eigenvalue weighted by Crippen LogP contribution is -2.35. The van der Waals surface area contributed by atoms with E-state index in [4.69, 9.17) is 9.47 Å². The van der Waals surface area contributed by atoms with Crippen molar-refractivity contribution < 1.29 is 39.5 Å². The summed E-state index contributed by atoms with van der Waals surface area (Å²) in [5, 5.41) is 50.5. The number of aliphatic hydroxyl groups is 2. The summed E-state index contributed by atoms with van der Waals surface area (Å²) >= 11 is 2.31. The van der Waals surface area contributed by atoms with Crippen LogP contribution in [0, 0.1) is 0 Å². The fourth-order valence-corrected chi connectivity index (χ4v) is 10.1. The molecule has 2 aliphatic heterocycles. The highest BCUT2D eigenvalue weighted by Crippen LogP contribution is 2.56. The van der Waals surface area contributed by atoms with Gasteiger partial charge in [-0.15, -0.1) is 23.5 Å². The van der Waals surface area contributed by atoms with Gasteiger partial charge in [-0.25, -0.2) is 9.59 Å². The minimum absolute atomic E-state index is 0.0291. The first-order valence-corrected chi connectivity index (χ1v) is 17.1. The monoisotopic (exact) mass is 688 g/mol. The molecule has 0 fully saturated rings. The summed E-state index contributed by atoms with van der Waals surface area (Å²) < 4.78 is 11.6. The fourth-order valence-electron chi connectivity index (χ4n) is 7.90. The number of anilines is 2. The molecule has 48 heavy (non-hydrogen) atoms. The Morgan fingerprint density at radius 1 is 0.812 bits per heavy atom. The molecule has 0 saturated heterocycles. The molecule has 5 aromatic rings. The lowest BCUT2D eigenvalue weighted by Gasteiger charge is -2.32. The van der Waals surface area contributed by atoms with Gasteiger partial charge in [0.05, 0.1) is 49.6 Å². The number of methoxy groups -OCH3 is 2. The van der Waals surface area contributed by atoms with Gasteiger partial charge in [-0.1, -0.05) is 11.6 Å². The zero-order chi connectivity index (χ0) is 33.9. The van der Waals surface area contributed by atoms with E-state index in [1.807, 2.05) is 13.0 Å². The van der Waals surface area contributed by atoms with Gasteiger partial charge in [-0.05, 0) is 40.6 Å². The molecule has 6 N–H and O–H groups in total. The first-order chi connectivity index (χ1) is 23.1. The highest BCUT2D eigenvalue weighted by molar-refractivity contribution is 8.00. The van der Waals surface area contributed by atoms with Crippen LogP contribution in [0.2, 0.25) is 0 Å². The van der Waals surface area contributed by atoms with E-state index in [-0.39, 0.29) is 45.9 Å². The third-order valence-corrected chi connectivity index (χ3v) is 12.1. The van der Waals surface area contributed by atoms with Crippen molar-refractivity contribution in [3.05, 3.63) is 53.8 Å². The van der Waals surface area contributed by atoms with E-state index in [1.165, 1.54) is 26.0 Å². The van der Waals surface area contributed by atoms with Crippen molar-refractivity contribution in [1.82, 2.24) is 0 Å². The SMILES string of the molecule is COc1c2c3c4c(c(OC)c(=O)c5c6c(c(CO)c(c7c(CO)c8c(c(c1=O)c37)NC(C(=O)O)CS8)c54)CSC(C(=O)O)N6)CC(C)=C2. The smallest absolute Gasteiger partial charge is 0.336 e. The standard InChI is InChI=1S/C34H28N2O10S2/c1-10-4-11-17-18-12(5-10)30(46-3)28(40)24-22(18)20(14(7-38)31-26(24)35-16(9-47-31)33(41)42)19-13(6-37)15-8-48-32(34(43)44)36-25(15)23(21(17)19)27(39)29(11)45-2/h5,16,32,35-38H,4,6-9H2,1-3H3,(H,41,42)(H,43,44). The van der Waals surface area contributed by atoms with Gasteiger partial charge < -0.3 is 40.5 Å². The van der Waals surface area contributed by atoms with Crippen LogP contribution >= 0.6 is 23.5 Å². The summed E-state index contributed by atoms with van der Waals surface area (Å²) in [6.07, 6.45) is 2.10. The fraction of sp³-hybridized carbons (Fsp3) is 0.294. The molecule has 8 rings (SSSR count). The lowest BCUT2D eigenvalue weighted by molar-refractivity contribution is -0.137. The Balaban J connectivity index is 1.77. The molecule has 2 unspecified atom stereocenters. The number of thioether (sulfide) groups is 2. The number of carboxylic acid groups (broad SMARTS) is 2. The summed E-state index contributed by atoms with van der Waals surface area (Å²) in [4.78, 5) is 54.0. The Kier molecular flexibility index (Phi) is 6.90. The Bertz CT molecular complexity index is 2460. The molecular weight excluding hydrogens is 661 g/mol. The summed E-state index contributed by atoms with van der Waals surface area (Å²) in [6.45, 7) is 0.882. The van der Waals surface area contributed by atoms with Crippen LogP contribution in [-0.4, -0.2) is 63.8 Å². The number of carboxylic acids is 2. The number of fused-ring (bicyclic) bond motifs is 5. The molecule has 3 aliphatic rings. The topological polar surface area (TPSA) is 192 Å². The Morgan fingerprint density at radius 2 is 1.46 bits per heavy atom. The van der Waals surface area contributed by atoms with E-state index in [0.29, 0.717) is 70.7 Å². The molecule has 1 aliphatic carbocycles. The van der Waals surface area contributed by atoms with Crippen LogP contribution in [0.25, 0.3) is 49.2 Å². The maximum atomic E-state index is 14.6. The van der Waals surface area contributed by atoms with Crippen LogP contribution in [0.4, 0.5) is 11.4 Å². The summed E-state index contributed by atoms with van der Waals surface area (Å²) in [5.74, 6) is -1.84. The molecule has 2 heterocycles. The van der Waals surface area contributed by atoms with Crippen molar-refractivity contribution in [2.75, 3.05) is 30.6 Å². The van der Waals surface area contributed by atoms with Crippen molar-refractivity contribution in [1.29, 1.82) is 0 Å². The van der Waals surface area contributed by atoms with E-state index < -0.39 is 47.4 Å². The van der Waals surface area contributed by atoms with Crippen LogP contribution in [-0.2, 0) is 35.0 Å². The Hall–Kier alpha value is -4.50. The second-order valence-electron chi connectivity index (χ2n) is 12.1. The third-order valence-electron chi connectivity index (χ3n) is 9.70. The summed E-state index contributed by atoms with van der Waals surface area (Å²) in [7, 11) is 2.79. The highest BCUT2D eigenvalue weighted by Gasteiger charge is 2.38. The predicted octanol–water partition coefficient (Wildman–Crippen LogP) is 3.90. The molecule has 0 radical (unpaired) electrons. The number of allylic oxidation sites excluding steroid dienone is 1. The van der Waals surface area contributed by atoms with Crippen molar-refractivity contribution in [3.8, 4) is 11.5 Å². The summed E-state index contributed by atoms with van der Waals surface area (Å²) in [5.41, 5.74) is 2.84. The average Bonchev–Trinajstić information content (AvgIpc) is 3.22. The second kappa shape index (κ2) is 10.8. The van der Waals surface area contributed by atoms with E-state index in [1.54, 1.807) is 0 Å². The number of benzene rings is 5. The Morgan fingerprint density at radius 3 is 2.10 bits per heavy atom. The maximum Gasteiger partial charge on any atom is 0.336 e. The number of ether oxygens (including phenoxy) is 2. The van der Waals surface area contributed by atoms with Gasteiger partial charge >= 0.3 is 11.9 Å². The van der Waals surface area contributed by atoms with Gasteiger partial charge in [-0.3, -0.25) is 9.59 Å². The minimum Gasteiger partial charge on any atom is -0.492 e. The van der Waals surface area contributed by atoms with Crippen LogP contribution in [0.3, 0.4) is 0 Å². The average molecular weight is 689 g/mol. The van der Waals surface area contributed by atoms with Gasteiger partial charge in [-0.2, -0.15) is 0 Å². The number of aliphatic carboxylic acids is 2. The molecule has 2 atom stereocenters. The van der Waals surface area contributed by atoms with E-state index >= 15 is 0 Å². The number of rotatable bonds is 6. The van der Waals surface area contributed by atoms with Crippen molar-refractivity contribution >= 4 is 96.0 Å². The van der Waals surface area contributed by atoms with Crippen LogP contribution < -0.4 is 31.0 Å². The van der Waals surface area contributed by atoms with Gasteiger partial charge in [0.2, 0.25) is 10.9 Å². The molecule has 14 heteroatoms. The second-order valence-corrected chi connectivity index (χ2v) is 14.3. The minimum atomic E-state index is -1.11. The first-order valence-electron chi connectivity index (χ1n) is 15.0. The zero-order valence-electron chi connectivity index (χ0n) is 25.8. The van der Waals surface area contributed by atoms with Gasteiger partial charge in [0.15, 0.2) is 16.9 Å². The van der Waals surface area contributed by atoms with Crippen LogP contribution in [0.5, 0.6) is 11.5 Å². The van der Waals surface area contributed by atoms with Crippen LogP contribution in [0.1, 0.15) is 34.7 Å². The van der Waals surface area contributed by atoms with Gasteiger partial charge in [0.1, 0.15) is 6.04 Å². The number of aliphatic hydroxyl groups excluding tert-OH is 2. The molecule has 246 valence electrons. The quantitative estimate of drug-likeness (QED) is 0.111. The van der Waals surface area contributed by atoms with Gasteiger partial charge in [0.25, 0.3) is 0 Å². The first kappa shape index (κ1) is 30.8. The van der Waals surface area contributed by atoms with E-state index in [0.717, 1.165) is 17.3 Å². The molecular formula is C34H28N2O10S2. The van der Waals surface area contributed by atoms with E-state index in [9.17, 15) is 39.6 Å². The molecule has 0 bridgehead atoms. The molecule has 0 amide bonds. The normalized spacial score (nSPS) is 18.4. The predicted molar refractivity (Wildman–Crippen MR) is 186 cm³/mol. The van der Waals surface area contributed by atoms with Crippen molar-refractivity contribution in [3.63, 3.8) is 0 Å². The lowest BCUT2D eigenvalue weighted by atomic mass is 9.80. The summed E-state index contributed by atoms with van der Waals surface area (Å²) in [6, 6.07) is -1.02. The zero-order valence-corrected chi connectivity index (χ0v) is 27.5. The largest absolute Gasteiger partial charge is 0.492 e. The van der Waals surface area contributed by atoms with Gasteiger partial charge in [0, 0.05) is 49.3 Å². The molecule has 0 saturated carbocycles. The number of nitrogens with one attached hydrogen (secondary N) is 2. The van der Waals surface area contributed by atoms with E-state index in [2.05, 4.69) is 10.6 Å². The highest BCUT2D eigenvalue weighted by atomic mass is 32.2. The third kappa shape index (κ3) is 3.82. The number of hydrogen-bond donors (Lipinski definition) is 6. The maximum absolute atomic E-state index is 14.6. The van der Waals surface area contributed by atoms with Crippen LogP contribution in [0.15, 0.2) is 20.1 Å². The van der Waals surface area contributed by atoms with Crippen molar-refractivity contribution in [2.24, 2.45) is 0 Å². The Labute approximate surface area is 279 Å². The molecule has 12 nitrogen and oxygen atoms in total. The molecule has 0 spiro atoms.